The Bertz CT molecular complexity index is 338. The highest BCUT2D eigenvalue weighted by Gasteiger charge is 2.44. The highest BCUT2D eigenvalue weighted by atomic mass is 35.5. The second kappa shape index (κ2) is 6.98. The molecule has 0 aromatic carbocycles. The molecule has 3 atom stereocenters. The van der Waals surface area contributed by atoms with Crippen LogP contribution in [0.4, 0.5) is 13.2 Å². The lowest BCUT2D eigenvalue weighted by atomic mass is 9.80. The van der Waals surface area contributed by atoms with Crippen molar-refractivity contribution in [3.05, 3.63) is 0 Å². The number of carbonyl (C=O) groups is 1. The number of rotatable bonds is 2. The third-order valence-corrected chi connectivity index (χ3v) is 4.42. The van der Waals surface area contributed by atoms with Gasteiger partial charge in [-0.2, -0.15) is 13.2 Å². The molecule has 1 amide bonds. The van der Waals surface area contributed by atoms with E-state index in [1.807, 2.05) is 0 Å². The molecular formula is C13H22ClF3N2O. The SMILES string of the molecule is Cl.NCC1CCN(C(=O)C2CCCC(C(F)(F)F)C2)C1. The van der Waals surface area contributed by atoms with Crippen LogP contribution < -0.4 is 5.73 Å². The van der Waals surface area contributed by atoms with Gasteiger partial charge in [0, 0.05) is 19.0 Å². The first-order chi connectivity index (χ1) is 8.91. The first-order valence-electron chi connectivity index (χ1n) is 6.97. The van der Waals surface area contributed by atoms with E-state index in [-0.39, 0.29) is 31.2 Å². The number of halogens is 4. The molecule has 1 saturated heterocycles. The Morgan fingerprint density at radius 3 is 2.50 bits per heavy atom. The molecule has 1 aliphatic carbocycles. The number of carbonyl (C=O) groups excluding carboxylic acids is 1. The third kappa shape index (κ3) is 4.01. The third-order valence-electron chi connectivity index (χ3n) is 4.42. The minimum atomic E-state index is -4.16. The maximum absolute atomic E-state index is 12.7. The average Bonchev–Trinajstić information content (AvgIpc) is 2.86. The summed E-state index contributed by atoms with van der Waals surface area (Å²) in [5.74, 6) is -1.53. The minimum Gasteiger partial charge on any atom is -0.342 e. The summed E-state index contributed by atoms with van der Waals surface area (Å²) in [7, 11) is 0. The van der Waals surface area contributed by atoms with Crippen LogP contribution in [0.5, 0.6) is 0 Å². The minimum absolute atomic E-state index is 0. The summed E-state index contributed by atoms with van der Waals surface area (Å²) >= 11 is 0. The number of nitrogens with two attached hydrogens (primary N) is 1. The molecule has 7 heteroatoms. The number of alkyl halides is 3. The standard InChI is InChI=1S/C13H21F3N2O.ClH/c14-13(15,16)11-3-1-2-10(6-11)12(19)18-5-4-9(7-17)8-18;/h9-11H,1-8,17H2;1H. The Labute approximate surface area is 123 Å². The van der Waals surface area contributed by atoms with Crippen LogP contribution in [0.15, 0.2) is 0 Å². The van der Waals surface area contributed by atoms with E-state index >= 15 is 0 Å². The van der Waals surface area contributed by atoms with Crippen LogP contribution in [0.3, 0.4) is 0 Å². The smallest absolute Gasteiger partial charge is 0.342 e. The summed E-state index contributed by atoms with van der Waals surface area (Å²) in [5.41, 5.74) is 5.57. The van der Waals surface area contributed by atoms with Gasteiger partial charge in [-0.1, -0.05) is 6.42 Å². The largest absolute Gasteiger partial charge is 0.391 e. The first kappa shape index (κ1) is 17.6. The predicted molar refractivity (Wildman–Crippen MR) is 72.5 cm³/mol. The second-order valence-electron chi connectivity index (χ2n) is 5.78. The quantitative estimate of drug-likeness (QED) is 0.851. The van der Waals surface area contributed by atoms with E-state index in [1.165, 1.54) is 0 Å². The van der Waals surface area contributed by atoms with Crippen molar-refractivity contribution in [2.24, 2.45) is 23.5 Å². The molecule has 2 N–H and O–H groups in total. The Morgan fingerprint density at radius 2 is 1.95 bits per heavy atom. The fraction of sp³-hybridized carbons (Fsp3) is 0.923. The number of likely N-dealkylation sites (tertiary alicyclic amines) is 1. The molecule has 3 nitrogen and oxygen atoms in total. The summed E-state index contributed by atoms with van der Waals surface area (Å²) in [4.78, 5) is 14.0. The fourth-order valence-electron chi connectivity index (χ4n) is 3.19. The van der Waals surface area contributed by atoms with Gasteiger partial charge in [0.25, 0.3) is 0 Å². The lowest BCUT2D eigenvalue weighted by Crippen LogP contribution is -2.39. The summed E-state index contributed by atoms with van der Waals surface area (Å²) in [6, 6.07) is 0. The average molecular weight is 315 g/mol. The Balaban J connectivity index is 0.00000200. The molecule has 2 aliphatic rings. The number of nitrogens with zero attached hydrogens (tertiary/aromatic N) is 1. The molecule has 0 aromatic heterocycles. The molecule has 3 unspecified atom stereocenters. The van der Waals surface area contributed by atoms with Crippen molar-refractivity contribution in [3.63, 3.8) is 0 Å². The number of hydrogen-bond acceptors (Lipinski definition) is 2. The molecule has 0 spiro atoms. The second-order valence-corrected chi connectivity index (χ2v) is 5.78. The predicted octanol–water partition coefficient (Wildman–Crippen LogP) is 2.58. The van der Waals surface area contributed by atoms with E-state index in [9.17, 15) is 18.0 Å². The maximum atomic E-state index is 12.7. The van der Waals surface area contributed by atoms with E-state index in [0.29, 0.717) is 38.4 Å². The molecule has 118 valence electrons. The van der Waals surface area contributed by atoms with Crippen LogP contribution in [-0.2, 0) is 4.79 Å². The van der Waals surface area contributed by atoms with Gasteiger partial charge < -0.3 is 10.6 Å². The number of amides is 1. The van der Waals surface area contributed by atoms with Crippen molar-refractivity contribution in [2.45, 2.75) is 38.3 Å². The lowest BCUT2D eigenvalue weighted by molar-refractivity contribution is -0.187. The van der Waals surface area contributed by atoms with Crippen LogP contribution in [0, 0.1) is 17.8 Å². The highest BCUT2D eigenvalue weighted by molar-refractivity contribution is 5.85. The zero-order chi connectivity index (χ0) is 14.0. The van der Waals surface area contributed by atoms with E-state index < -0.39 is 18.0 Å². The monoisotopic (exact) mass is 314 g/mol. The Morgan fingerprint density at radius 1 is 1.25 bits per heavy atom. The summed E-state index contributed by atoms with van der Waals surface area (Å²) in [6.45, 7) is 1.80. The van der Waals surface area contributed by atoms with Gasteiger partial charge in [-0.3, -0.25) is 4.79 Å². The zero-order valence-electron chi connectivity index (χ0n) is 11.4. The van der Waals surface area contributed by atoms with E-state index in [1.54, 1.807) is 4.90 Å². The molecule has 0 radical (unpaired) electrons. The van der Waals surface area contributed by atoms with E-state index in [2.05, 4.69) is 0 Å². The molecule has 0 aromatic rings. The molecule has 1 saturated carbocycles. The lowest BCUT2D eigenvalue weighted by Gasteiger charge is -2.32. The Hall–Kier alpha value is -0.490. The van der Waals surface area contributed by atoms with Crippen molar-refractivity contribution in [1.29, 1.82) is 0 Å². The number of hydrogen-bond donors (Lipinski definition) is 1. The van der Waals surface area contributed by atoms with Crippen LogP contribution in [-0.4, -0.2) is 36.6 Å². The maximum Gasteiger partial charge on any atom is 0.391 e. The molecule has 2 fully saturated rings. The molecule has 1 heterocycles. The van der Waals surface area contributed by atoms with Gasteiger partial charge in [0.1, 0.15) is 0 Å². The van der Waals surface area contributed by atoms with E-state index in [0.717, 1.165) is 6.42 Å². The first-order valence-corrected chi connectivity index (χ1v) is 6.97. The summed E-state index contributed by atoms with van der Waals surface area (Å²) in [5, 5.41) is 0. The topological polar surface area (TPSA) is 46.3 Å². The van der Waals surface area contributed by atoms with Crippen molar-refractivity contribution in [1.82, 2.24) is 4.90 Å². The molecule has 2 rings (SSSR count). The molecule has 1 aliphatic heterocycles. The van der Waals surface area contributed by atoms with Gasteiger partial charge in [0.15, 0.2) is 0 Å². The highest BCUT2D eigenvalue weighted by Crippen LogP contribution is 2.40. The fourth-order valence-corrected chi connectivity index (χ4v) is 3.19. The molecule has 0 bridgehead atoms. The van der Waals surface area contributed by atoms with Crippen molar-refractivity contribution < 1.29 is 18.0 Å². The van der Waals surface area contributed by atoms with Crippen LogP contribution in [0.25, 0.3) is 0 Å². The normalized spacial score (nSPS) is 31.0. The van der Waals surface area contributed by atoms with Crippen molar-refractivity contribution in [3.8, 4) is 0 Å². The van der Waals surface area contributed by atoms with Crippen LogP contribution >= 0.6 is 12.4 Å². The van der Waals surface area contributed by atoms with Gasteiger partial charge >= 0.3 is 6.18 Å². The molecule has 20 heavy (non-hydrogen) atoms. The van der Waals surface area contributed by atoms with Gasteiger partial charge in [-0.25, -0.2) is 0 Å². The van der Waals surface area contributed by atoms with Gasteiger partial charge in [0.05, 0.1) is 5.92 Å². The Kier molecular flexibility index (Phi) is 6.13. The summed E-state index contributed by atoms with van der Waals surface area (Å²) in [6.07, 6.45) is -2.07. The van der Waals surface area contributed by atoms with Crippen LogP contribution in [0.2, 0.25) is 0 Å². The van der Waals surface area contributed by atoms with Gasteiger partial charge in [0.2, 0.25) is 5.91 Å². The van der Waals surface area contributed by atoms with Crippen molar-refractivity contribution >= 4 is 18.3 Å². The summed E-state index contributed by atoms with van der Waals surface area (Å²) < 4.78 is 38.2. The van der Waals surface area contributed by atoms with Crippen molar-refractivity contribution in [2.75, 3.05) is 19.6 Å². The molecular weight excluding hydrogens is 293 g/mol. The van der Waals surface area contributed by atoms with Gasteiger partial charge in [-0.05, 0) is 38.1 Å². The van der Waals surface area contributed by atoms with E-state index in [4.69, 9.17) is 5.73 Å². The van der Waals surface area contributed by atoms with Crippen LogP contribution in [0.1, 0.15) is 32.1 Å². The van der Waals surface area contributed by atoms with Gasteiger partial charge in [-0.15, -0.1) is 12.4 Å². The zero-order valence-corrected chi connectivity index (χ0v) is 12.2.